The van der Waals surface area contributed by atoms with Crippen LogP contribution in [0, 0.1) is 0 Å². The summed E-state index contributed by atoms with van der Waals surface area (Å²) < 4.78 is 15.9. The van der Waals surface area contributed by atoms with Crippen LogP contribution in [0.1, 0.15) is 23.4 Å². The molecule has 9 heteroatoms. The zero-order chi connectivity index (χ0) is 19.1. The van der Waals surface area contributed by atoms with Gasteiger partial charge in [-0.05, 0) is 30.7 Å². The lowest BCUT2D eigenvalue weighted by Crippen LogP contribution is -2.50. The topological polar surface area (TPSA) is 119 Å². The predicted octanol–water partition coefficient (Wildman–Crippen LogP) is 0.777. The summed E-state index contributed by atoms with van der Waals surface area (Å²) >= 11 is 0. The van der Waals surface area contributed by atoms with Crippen molar-refractivity contribution in [2.75, 3.05) is 13.2 Å². The molecule has 27 heavy (non-hydrogen) atoms. The van der Waals surface area contributed by atoms with Crippen LogP contribution in [0.15, 0.2) is 47.1 Å². The Morgan fingerprint density at radius 3 is 2.63 bits per heavy atom. The van der Waals surface area contributed by atoms with E-state index in [1.165, 1.54) is 6.26 Å². The minimum atomic E-state index is -0.854. The molecule has 9 nitrogen and oxygen atoms in total. The number of hydrogen-bond acceptors (Lipinski definition) is 6. The van der Waals surface area contributed by atoms with E-state index < -0.39 is 12.0 Å². The maximum absolute atomic E-state index is 12.1. The first-order valence-electron chi connectivity index (χ1n) is 8.42. The number of nitrogens with one attached hydrogen (secondary N) is 3. The molecule has 0 saturated heterocycles. The first-order valence-corrected chi connectivity index (χ1v) is 8.42. The van der Waals surface area contributed by atoms with Gasteiger partial charge >= 0.3 is 0 Å². The Balaban J connectivity index is 1.32. The van der Waals surface area contributed by atoms with Crippen molar-refractivity contribution in [2.45, 2.75) is 18.9 Å². The van der Waals surface area contributed by atoms with Gasteiger partial charge in [0.05, 0.1) is 6.26 Å². The molecular weight excluding hydrogens is 354 g/mol. The number of carbonyl (C=O) groups excluding carboxylic acids is 3. The van der Waals surface area contributed by atoms with Crippen LogP contribution in [0.3, 0.4) is 0 Å². The van der Waals surface area contributed by atoms with Crippen LogP contribution in [0.25, 0.3) is 0 Å². The normalized spacial score (nSPS) is 14.9. The fourth-order valence-corrected chi connectivity index (χ4v) is 2.37. The van der Waals surface area contributed by atoms with Crippen molar-refractivity contribution in [3.8, 4) is 11.5 Å². The summed E-state index contributed by atoms with van der Waals surface area (Å²) in [5.41, 5.74) is 4.62. The summed E-state index contributed by atoms with van der Waals surface area (Å²) in [5.74, 6) is 0.0211. The van der Waals surface area contributed by atoms with Gasteiger partial charge in [0.25, 0.3) is 11.8 Å². The third-order valence-electron chi connectivity index (χ3n) is 3.74. The maximum Gasteiger partial charge on any atom is 0.286 e. The highest BCUT2D eigenvalue weighted by molar-refractivity contribution is 5.91. The van der Waals surface area contributed by atoms with Gasteiger partial charge in [-0.25, -0.2) is 0 Å². The Bertz CT molecular complexity index is 805. The Kier molecular flexibility index (Phi) is 5.93. The monoisotopic (exact) mass is 373 g/mol. The zero-order valence-corrected chi connectivity index (χ0v) is 14.4. The Labute approximate surface area is 155 Å². The van der Waals surface area contributed by atoms with Crippen molar-refractivity contribution in [3.63, 3.8) is 0 Å². The largest absolute Gasteiger partial charge is 0.485 e. The number of carbonyl (C=O) groups is 3. The van der Waals surface area contributed by atoms with E-state index in [1.54, 1.807) is 36.4 Å². The Morgan fingerprint density at radius 1 is 1.04 bits per heavy atom. The van der Waals surface area contributed by atoms with Crippen LogP contribution in [0.2, 0.25) is 0 Å². The lowest BCUT2D eigenvalue weighted by Gasteiger charge is -2.25. The number of furan rings is 1. The zero-order valence-electron chi connectivity index (χ0n) is 14.4. The summed E-state index contributed by atoms with van der Waals surface area (Å²) in [6, 6.07) is 10.2. The van der Waals surface area contributed by atoms with Crippen LogP contribution >= 0.6 is 0 Å². The molecule has 2 aromatic rings. The molecule has 1 aromatic heterocycles. The van der Waals surface area contributed by atoms with Gasteiger partial charge < -0.3 is 19.2 Å². The summed E-state index contributed by atoms with van der Waals surface area (Å²) in [5, 5.41) is 2.63. The van der Waals surface area contributed by atoms with Crippen molar-refractivity contribution < 1.29 is 28.3 Å². The third-order valence-corrected chi connectivity index (χ3v) is 3.74. The van der Waals surface area contributed by atoms with Crippen molar-refractivity contribution in [3.05, 3.63) is 48.4 Å². The fourth-order valence-electron chi connectivity index (χ4n) is 2.37. The standard InChI is InChI=1S/C18H19N3O6/c22-16(8-3-9-19-17(23)14-7-4-10-25-14)20-21-18(24)15-11-26-12-5-1-2-6-13(12)27-15/h1-2,4-7,10,15H,3,8-9,11H2,(H,19,23)(H,20,22)(H,21,24). The second-order valence-electron chi connectivity index (χ2n) is 5.74. The summed E-state index contributed by atoms with van der Waals surface area (Å²) in [6.45, 7) is 0.356. The minimum Gasteiger partial charge on any atom is -0.485 e. The average molecular weight is 373 g/mol. The smallest absolute Gasteiger partial charge is 0.286 e. The van der Waals surface area contributed by atoms with Crippen LogP contribution in [-0.4, -0.2) is 37.0 Å². The van der Waals surface area contributed by atoms with Crippen LogP contribution in [0.4, 0.5) is 0 Å². The van der Waals surface area contributed by atoms with E-state index in [0.29, 0.717) is 24.5 Å². The van der Waals surface area contributed by atoms with E-state index in [2.05, 4.69) is 16.2 Å². The molecule has 0 fully saturated rings. The number of amides is 3. The van der Waals surface area contributed by atoms with E-state index in [9.17, 15) is 14.4 Å². The van der Waals surface area contributed by atoms with Gasteiger partial charge in [0.2, 0.25) is 12.0 Å². The second-order valence-corrected chi connectivity index (χ2v) is 5.74. The molecule has 1 atom stereocenters. The van der Waals surface area contributed by atoms with E-state index in [1.807, 2.05) is 0 Å². The number of hydrazine groups is 1. The third kappa shape index (κ3) is 5.00. The average Bonchev–Trinajstić information content (AvgIpc) is 3.24. The first-order chi connectivity index (χ1) is 13.1. The highest BCUT2D eigenvalue weighted by Crippen LogP contribution is 2.30. The molecule has 3 amide bonds. The molecule has 0 bridgehead atoms. The summed E-state index contributed by atoms with van der Waals surface area (Å²) in [4.78, 5) is 35.5. The maximum atomic E-state index is 12.1. The fraction of sp³-hybridized carbons (Fsp3) is 0.278. The number of rotatable bonds is 6. The van der Waals surface area contributed by atoms with E-state index in [4.69, 9.17) is 13.9 Å². The molecule has 1 unspecified atom stereocenters. The molecule has 3 rings (SSSR count). The molecule has 1 aromatic carbocycles. The van der Waals surface area contributed by atoms with Crippen molar-refractivity contribution >= 4 is 17.7 Å². The second kappa shape index (κ2) is 8.75. The van der Waals surface area contributed by atoms with Gasteiger partial charge in [-0.1, -0.05) is 12.1 Å². The van der Waals surface area contributed by atoms with E-state index in [-0.39, 0.29) is 30.6 Å². The Hall–Kier alpha value is -3.49. The van der Waals surface area contributed by atoms with Crippen LogP contribution in [-0.2, 0) is 9.59 Å². The highest BCUT2D eigenvalue weighted by atomic mass is 16.6. The first kappa shape index (κ1) is 18.3. The molecule has 1 aliphatic rings. The Morgan fingerprint density at radius 2 is 1.85 bits per heavy atom. The predicted molar refractivity (Wildman–Crippen MR) is 92.9 cm³/mol. The summed E-state index contributed by atoms with van der Waals surface area (Å²) in [6.07, 6.45) is 1.09. The van der Waals surface area contributed by atoms with Gasteiger partial charge in [0, 0.05) is 13.0 Å². The molecule has 0 radical (unpaired) electrons. The van der Waals surface area contributed by atoms with Crippen molar-refractivity contribution in [1.82, 2.24) is 16.2 Å². The molecule has 0 aliphatic carbocycles. The molecule has 0 saturated carbocycles. The number of fused-ring (bicyclic) bond motifs is 1. The number of hydrogen-bond donors (Lipinski definition) is 3. The highest BCUT2D eigenvalue weighted by Gasteiger charge is 2.27. The lowest BCUT2D eigenvalue weighted by molar-refractivity contribution is -0.135. The molecule has 0 spiro atoms. The van der Waals surface area contributed by atoms with Gasteiger partial charge in [0.1, 0.15) is 6.61 Å². The lowest BCUT2D eigenvalue weighted by atomic mass is 10.2. The van der Waals surface area contributed by atoms with E-state index >= 15 is 0 Å². The number of benzene rings is 1. The van der Waals surface area contributed by atoms with Gasteiger partial charge in [0.15, 0.2) is 17.3 Å². The molecule has 1 aliphatic heterocycles. The van der Waals surface area contributed by atoms with Gasteiger partial charge in [-0.3, -0.25) is 25.2 Å². The van der Waals surface area contributed by atoms with Crippen molar-refractivity contribution in [1.29, 1.82) is 0 Å². The van der Waals surface area contributed by atoms with E-state index in [0.717, 1.165) is 0 Å². The summed E-state index contributed by atoms with van der Waals surface area (Å²) in [7, 11) is 0. The van der Waals surface area contributed by atoms with Gasteiger partial charge in [-0.15, -0.1) is 0 Å². The van der Waals surface area contributed by atoms with Crippen LogP contribution in [0.5, 0.6) is 11.5 Å². The molecular formula is C18H19N3O6. The minimum absolute atomic E-state index is 0.0531. The molecule has 142 valence electrons. The quantitative estimate of drug-likeness (QED) is 0.509. The number of para-hydroxylation sites is 2. The van der Waals surface area contributed by atoms with Gasteiger partial charge in [-0.2, -0.15) is 0 Å². The number of ether oxygens (including phenoxy) is 2. The molecule has 2 heterocycles. The van der Waals surface area contributed by atoms with Crippen LogP contribution < -0.4 is 25.6 Å². The van der Waals surface area contributed by atoms with Crippen molar-refractivity contribution in [2.24, 2.45) is 0 Å². The molecule has 3 N–H and O–H groups in total. The SMILES string of the molecule is O=C(CCCNC(=O)c1ccco1)NNC(=O)C1COc2ccccc2O1.